The molecule has 24 heavy (non-hydrogen) atoms. The van der Waals surface area contributed by atoms with Crippen molar-refractivity contribution in [3.8, 4) is 0 Å². The van der Waals surface area contributed by atoms with Crippen LogP contribution in [-0.2, 0) is 4.79 Å². The summed E-state index contributed by atoms with van der Waals surface area (Å²) in [6, 6.07) is 11.7. The van der Waals surface area contributed by atoms with Gasteiger partial charge in [-0.05, 0) is 42.6 Å². The van der Waals surface area contributed by atoms with Gasteiger partial charge in [0.25, 0.3) is 0 Å². The SMILES string of the molecule is C=CCP.CN(C)C=O.c1cc[nH]c1.c1cc[nH]c1.c1cc[nH]c1. The molecule has 1 amide bonds. The topological polar surface area (TPSA) is 67.7 Å². The van der Waals surface area contributed by atoms with Crippen molar-refractivity contribution in [1.82, 2.24) is 19.9 Å². The molecule has 0 radical (unpaired) electrons. The van der Waals surface area contributed by atoms with Gasteiger partial charge in [-0.15, -0.1) is 15.8 Å². The first-order valence-corrected chi connectivity index (χ1v) is 8.16. The Hall–Kier alpha value is -2.52. The first-order chi connectivity index (χ1) is 11.7. The van der Waals surface area contributed by atoms with Gasteiger partial charge in [-0.2, -0.15) is 0 Å². The summed E-state index contributed by atoms with van der Waals surface area (Å²) >= 11 is 0. The van der Waals surface area contributed by atoms with Crippen LogP contribution in [0.4, 0.5) is 0 Å². The first kappa shape index (κ1) is 23.7. The molecule has 132 valence electrons. The molecule has 1 unspecified atom stereocenters. The van der Waals surface area contributed by atoms with Crippen molar-refractivity contribution in [3.05, 3.63) is 86.2 Å². The van der Waals surface area contributed by atoms with Crippen LogP contribution in [-0.4, -0.2) is 46.5 Å². The summed E-state index contributed by atoms with van der Waals surface area (Å²) in [6.07, 6.45) is 14.8. The average molecular weight is 348 g/mol. The van der Waals surface area contributed by atoms with Crippen molar-refractivity contribution in [2.75, 3.05) is 20.3 Å². The van der Waals surface area contributed by atoms with Crippen molar-refractivity contribution in [3.63, 3.8) is 0 Å². The van der Waals surface area contributed by atoms with Crippen LogP contribution in [0.5, 0.6) is 0 Å². The summed E-state index contributed by atoms with van der Waals surface area (Å²) in [4.78, 5) is 19.5. The Morgan fingerprint density at radius 1 is 0.833 bits per heavy atom. The minimum absolute atomic E-state index is 0.750. The Morgan fingerprint density at radius 2 is 1.04 bits per heavy atom. The third-order valence-corrected chi connectivity index (χ3v) is 2.20. The standard InChI is InChI=1S/3C4H5N.C3H7NO.C3H7P/c3*1-2-4-5-3-1;1-4(2)3-5;1-2-3-4/h3*1-5H;3H,1-2H3;2H,1,3-4H2. The van der Waals surface area contributed by atoms with Gasteiger partial charge in [0.05, 0.1) is 0 Å². The highest BCUT2D eigenvalue weighted by Crippen LogP contribution is 1.74. The number of allylic oxidation sites excluding steroid dienone is 1. The Kier molecular flexibility index (Phi) is 22.5. The van der Waals surface area contributed by atoms with Gasteiger partial charge in [0.15, 0.2) is 0 Å². The van der Waals surface area contributed by atoms with E-state index in [9.17, 15) is 4.79 Å². The minimum atomic E-state index is 0.750. The van der Waals surface area contributed by atoms with Gasteiger partial charge in [-0.25, -0.2) is 0 Å². The molecule has 5 nitrogen and oxygen atoms in total. The second-order valence-corrected chi connectivity index (χ2v) is 4.72. The van der Waals surface area contributed by atoms with Crippen LogP contribution in [0.15, 0.2) is 86.2 Å². The lowest BCUT2D eigenvalue weighted by atomic mass is 10.7. The Labute approximate surface area is 147 Å². The number of aromatic amines is 3. The molecule has 0 aromatic carbocycles. The summed E-state index contributed by atoms with van der Waals surface area (Å²) in [6.45, 7) is 3.46. The quantitative estimate of drug-likeness (QED) is 0.368. The van der Waals surface area contributed by atoms with E-state index in [-0.39, 0.29) is 0 Å². The Bertz CT molecular complexity index is 391. The molecular weight excluding hydrogens is 319 g/mol. The predicted octanol–water partition coefficient (Wildman–Crippen LogP) is 3.80. The second kappa shape index (κ2) is 22.8. The Balaban J connectivity index is 0. The lowest BCUT2D eigenvalue weighted by Gasteiger charge is -1.93. The van der Waals surface area contributed by atoms with E-state index in [4.69, 9.17) is 0 Å². The largest absolute Gasteiger partial charge is 0.368 e. The molecule has 0 aliphatic rings. The fourth-order valence-electron chi connectivity index (χ4n) is 0.833. The summed E-state index contributed by atoms with van der Waals surface area (Å²) < 4.78 is 0. The van der Waals surface area contributed by atoms with Crippen LogP contribution in [0.25, 0.3) is 0 Å². The lowest BCUT2D eigenvalue weighted by molar-refractivity contribution is -0.115. The number of carbonyl (C=O) groups is 1. The van der Waals surface area contributed by atoms with Crippen LogP contribution in [0.3, 0.4) is 0 Å². The van der Waals surface area contributed by atoms with E-state index < -0.39 is 0 Å². The van der Waals surface area contributed by atoms with Crippen LogP contribution >= 0.6 is 9.24 Å². The maximum atomic E-state index is 9.43. The summed E-state index contributed by atoms with van der Waals surface area (Å²) in [5.41, 5.74) is 0. The number of H-pyrrole nitrogens is 3. The molecule has 0 aliphatic carbocycles. The highest BCUT2D eigenvalue weighted by molar-refractivity contribution is 7.16. The van der Waals surface area contributed by atoms with Crippen LogP contribution in [0.2, 0.25) is 0 Å². The average Bonchev–Trinajstić information content (AvgIpc) is 3.41. The number of hydrogen-bond donors (Lipinski definition) is 3. The number of amides is 1. The van der Waals surface area contributed by atoms with E-state index in [0.717, 1.165) is 12.6 Å². The number of aromatic nitrogens is 3. The molecule has 0 fully saturated rings. The van der Waals surface area contributed by atoms with Gasteiger partial charge in [0, 0.05) is 51.3 Å². The van der Waals surface area contributed by atoms with E-state index in [1.807, 2.05) is 79.7 Å². The summed E-state index contributed by atoms with van der Waals surface area (Å²) in [7, 11) is 5.91. The number of rotatable bonds is 2. The summed E-state index contributed by atoms with van der Waals surface area (Å²) in [5.74, 6) is 0. The van der Waals surface area contributed by atoms with E-state index in [1.54, 1.807) is 14.1 Å². The molecule has 0 saturated carbocycles. The molecular formula is C18H29N4OP. The zero-order chi connectivity index (χ0) is 18.3. The van der Waals surface area contributed by atoms with E-state index >= 15 is 0 Å². The zero-order valence-electron chi connectivity index (χ0n) is 14.4. The monoisotopic (exact) mass is 348 g/mol. The van der Waals surface area contributed by atoms with Gasteiger partial charge >= 0.3 is 0 Å². The molecule has 3 aromatic heterocycles. The zero-order valence-corrected chi connectivity index (χ0v) is 15.6. The van der Waals surface area contributed by atoms with Crippen LogP contribution < -0.4 is 0 Å². The lowest BCUT2D eigenvalue weighted by Crippen LogP contribution is -2.06. The number of hydrogen-bond acceptors (Lipinski definition) is 1. The third-order valence-electron chi connectivity index (χ3n) is 1.87. The van der Waals surface area contributed by atoms with Crippen molar-refractivity contribution in [2.24, 2.45) is 0 Å². The molecule has 0 saturated heterocycles. The van der Waals surface area contributed by atoms with Gasteiger partial charge in [-0.1, -0.05) is 6.08 Å². The van der Waals surface area contributed by atoms with Gasteiger partial charge in [0.2, 0.25) is 6.41 Å². The molecule has 3 heterocycles. The molecule has 0 aliphatic heterocycles. The molecule has 0 spiro atoms. The highest BCUT2D eigenvalue weighted by atomic mass is 31.0. The van der Waals surface area contributed by atoms with E-state index in [2.05, 4.69) is 30.8 Å². The maximum absolute atomic E-state index is 9.43. The van der Waals surface area contributed by atoms with Crippen molar-refractivity contribution >= 4 is 15.6 Å². The molecule has 1 atom stereocenters. The Morgan fingerprint density at radius 3 is 1.08 bits per heavy atom. The van der Waals surface area contributed by atoms with Crippen LogP contribution in [0, 0.1) is 0 Å². The number of nitrogens with one attached hydrogen (secondary N) is 3. The second-order valence-electron chi connectivity index (χ2n) is 4.25. The number of nitrogens with zero attached hydrogens (tertiary/aromatic N) is 1. The van der Waals surface area contributed by atoms with E-state index in [1.165, 1.54) is 4.90 Å². The third kappa shape index (κ3) is 27.8. The van der Waals surface area contributed by atoms with Gasteiger partial charge in [-0.3, -0.25) is 4.79 Å². The minimum Gasteiger partial charge on any atom is -0.368 e. The van der Waals surface area contributed by atoms with Crippen molar-refractivity contribution in [1.29, 1.82) is 0 Å². The van der Waals surface area contributed by atoms with Crippen LogP contribution in [0.1, 0.15) is 0 Å². The fourth-order valence-corrected chi connectivity index (χ4v) is 0.833. The molecule has 6 heteroatoms. The molecule has 3 N–H and O–H groups in total. The van der Waals surface area contributed by atoms with E-state index in [0.29, 0.717) is 0 Å². The summed E-state index contributed by atoms with van der Waals surface area (Å²) in [5, 5.41) is 0. The smallest absolute Gasteiger partial charge is 0.209 e. The predicted molar refractivity (Wildman–Crippen MR) is 107 cm³/mol. The normalized spacial score (nSPS) is 7.46. The first-order valence-electron chi connectivity index (χ1n) is 7.35. The highest BCUT2D eigenvalue weighted by Gasteiger charge is 1.68. The molecule has 0 bridgehead atoms. The molecule has 3 rings (SSSR count). The number of carbonyl (C=O) groups excluding carboxylic acids is 1. The maximum Gasteiger partial charge on any atom is 0.209 e. The van der Waals surface area contributed by atoms with Gasteiger partial charge in [0.1, 0.15) is 0 Å². The van der Waals surface area contributed by atoms with Crippen molar-refractivity contribution < 1.29 is 4.79 Å². The fraction of sp³-hybridized carbons (Fsp3) is 0.167. The van der Waals surface area contributed by atoms with Crippen molar-refractivity contribution in [2.45, 2.75) is 0 Å². The van der Waals surface area contributed by atoms with Gasteiger partial charge < -0.3 is 19.9 Å². The molecule has 3 aromatic rings.